The van der Waals surface area contributed by atoms with Gasteiger partial charge in [0, 0.05) is 12.6 Å². The summed E-state index contributed by atoms with van der Waals surface area (Å²) in [6.45, 7) is 2.23. The molecule has 1 N–H and O–H groups in total. The van der Waals surface area contributed by atoms with Gasteiger partial charge in [0.25, 0.3) is 0 Å². The molecule has 0 spiro atoms. The van der Waals surface area contributed by atoms with E-state index in [1.165, 1.54) is 6.92 Å². The van der Waals surface area contributed by atoms with E-state index in [9.17, 15) is 53.1 Å². The molecule has 0 aliphatic heterocycles. The van der Waals surface area contributed by atoms with Crippen LogP contribution in [0.1, 0.15) is 78.1 Å². The molecule has 0 unspecified atom stereocenters. The maximum atomic E-state index is 14.4. The molecule has 214 valence electrons. The normalized spacial score (nSPS) is 14.2. The van der Waals surface area contributed by atoms with Crippen molar-refractivity contribution in [2.45, 2.75) is 108 Å². The quantitative estimate of drug-likeness (QED) is 0.0811. The highest BCUT2D eigenvalue weighted by molar-refractivity contribution is 5.83. The number of carbonyl (C=O) groups excluding carboxylic acids is 1. The number of ether oxygens (including phenoxy) is 1. The van der Waals surface area contributed by atoms with E-state index in [0.29, 0.717) is 12.8 Å². The molecule has 0 aliphatic rings. The van der Waals surface area contributed by atoms with Crippen molar-refractivity contribution < 1.29 is 57.8 Å². The Bertz CT molecular complexity index is 692. The van der Waals surface area contributed by atoms with Crippen LogP contribution in [0.2, 0.25) is 0 Å². The first-order valence-corrected chi connectivity index (χ1v) is 11.6. The molecular formula is C22H32F11NO2. The first-order valence-electron chi connectivity index (χ1n) is 11.6. The monoisotopic (exact) mass is 551 g/mol. The minimum atomic E-state index is -7.56. The molecular weight excluding hydrogens is 519 g/mol. The fraction of sp³-hybridized carbons (Fsp3) is 0.864. The van der Waals surface area contributed by atoms with Crippen LogP contribution < -0.4 is 5.32 Å². The maximum Gasteiger partial charge on any atom is 0.460 e. The van der Waals surface area contributed by atoms with Crippen LogP contribution >= 0.6 is 0 Å². The molecule has 0 fully saturated rings. The molecule has 0 rings (SSSR count). The molecule has 0 atom stereocenters. The summed E-state index contributed by atoms with van der Waals surface area (Å²) in [5.41, 5.74) is -2.26. The standard InChI is InChI=1S/C22H32F11NO2/c1-3-5-6-7-8-9-10-11-12-13-14-34-16(15-17(35)36-4-2)18(23,24)19(25,26)20(27,28)21(29,30)22(31,32)33/h15,34H,3-14H2,1-2H3/b16-15-. The van der Waals surface area contributed by atoms with Crippen molar-refractivity contribution in [2.24, 2.45) is 0 Å². The lowest BCUT2D eigenvalue weighted by molar-refractivity contribution is -0.418. The number of hydrogen-bond donors (Lipinski definition) is 1. The van der Waals surface area contributed by atoms with Gasteiger partial charge in [0.05, 0.1) is 12.3 Å². The minimum absolute atomic E-state index is 0.0345. The van der Waals surface area contributed by atoms with Crippen molar-refractivity contribution in [3.05, 3.63) is 11.8 Å². The molecule has 0 saturated carbocycles. The van der Waals surface area contributed by atoms with E-state index in [1.807, 2.05) is 0 Å². The summed E-state index contributed by atoms with van der Waals surface area (Å²) in [5, 5.41) is 1.61. The molecule has 0 aliphatic carbocycles. The zero-order chi connectivity index (χ0) is 28.3. The number of unbranched alkanes of at least 4 members (excludes halogenated alkanes) is 9. The number of allylic oxidation sites excluding steroid dienone is 1. The van der Waals surface area contributed by atoms with Crippen molar-refractivity contribution >= 4 is 5.97 Å². The summed E-state index contributed by atoms with van der Waals surface area (Å²) >= 11 is 0. The van der Waals surface area contributed by atoms with Gasteiger partial charge in [0.1, 0.15) is 0 Å². The summed E-state index contributed by atoms with van der Waals surface area (Å²) in [7, 11) is 0. The van der Waals surface area contributed by atoms with E-state index >= 15 is 0 Å². The van der Waals surface area contributed by atoms with E-state index in [4.69, 9.17) is 0 Å². The maximum absolute atomic E-state index is 14.4. The summed E-state index contributed by atoms with van der Waals surface area (Å²) in [5.74, 6) is -30.4. The van der Waals surface area contributed by atoms with Gasteiger partial charge in [-0.25, -0.2) is 4.79 Å². The molecule has 0 aromatic carbocycles. The highest BCUT2D eigenvalue weighted by atomic mass is 19.4. The Labute approximate surface area is 202 Å². The second-order valence-corrected chi connectivity index (χ2v) is 8.21. The predicted molar refractivity (Wildman–Crippen MR) is 110 cm³/mol. The van der Waals surface area contributed by atoms with Gasteiger partial charge in [-0.1, -0.05) is 64.7 Å². The Hall–Kier alpha value is -1.76. The molecule has 14 heteroatoms. The van der Waals surface area contributed by atoms with Crippen molar-refractivity contribution in [3.63, 3.8) is 0 Å². The first-order chi connectivity index (χ1) is 16.4. The lowest BCUT2D eigenvalue weighted by Crippen LogP contribution is -2.67. The van der Waals surface area contributed by atoms with Gasteiger partial charge < -0.3 is 10.1 Å². The average Bonchev–Trinajstić information content (AvgIpc) is 2.75. The number of esters is 1. The minimum Gasteiger partial charge on any atom is -0.463 e. The van der Waals surface area contributed by atoms with E-state index in [2.05, 4.69) is 11.7 Å². The number of carbonyl (C=O) groups is 1. The van der Waals surface area contributed by atoms with Crippen LogP contribution in [0.3, 0.4) is 0 Å². The predicted octanol–water partition coefficient (Wildman–Crippen LogP) is 8.05. The van der Waals surface area contributed by atoms with Crippen LogP contribution in [0.4, 0.5) is 48.3 Å². The summed E-state index contributed by atoms with van der Waals surface area (Å²) in [6.07, 6.45) is 0.455. The third kappa shape index (κ3) is 8.67. The Morgan fingerprint density at radius 1 is 0.667 bits per heavy atom. The van der Waals surface area contributed by atoms with Crippen molar-refractivity contribution in [1.82, 2.24) is 5.32 Å². The van der Waals surface area contributed by atoms with E-state index < -0.39 is 54.7 Å². The van der Waals surface area contributed by atoms with Crippen molar-refractivity contribution in [1.29, 1.82) is 0 Å². The van der Waals surface area contributed by atoms with Gasteiger partial charge in [-0.05, 0) is 13.3 Å². The molecule has 0 saturated heterocycles. The first kappa shape index (κ1) is 34.2. The second-order valence-electron chi connectivity index (χ2n) is 8.21. The molecule has 36 heavy (non-hydrogen) atoms. The number of alkyl halides is 11. The SMILES string of the molecule is CCCCCCCCCCCCN/C(=C\C(=O)OCC)C(F)(F)C(F)(F)C(F)(F)C(F)(F)C(F)(F)F. The van der Waals surface area contributed by atoms with Crippen molar-refractivity contribution in [3.8, 4) is 0 Å². The van der Waals surface area contributed by atoms with Crippen LogP contribution in [-0.4, -0.2) is 49.0 Å². The van der Waals surface area contributed by atoms with Gasteiger partial charge in [0.2, 0.25) is 0 Å². The highest BCUT2D eigenvalue weighted by Crippen LogP contribution is 2.58. The molecule has 0 aromatic rings. The molecule has 0 bridgehead atoms. The fourth-order valence-electron chi connectivity index (χ4n) is 3.13. The van der Waals surface area contributed by atoms with Crippen LogP contribution in [0.15, 0.2) is 11.8 Å². The highest BCUT2D eigenvalue weighted by Gasteiger charge is 2.87. The lowest BCUT2D eigenvalue weighted by atomic mass is 9.95. The molecule has 0 aromatic heterocycles. The van der Waals surface area contributed by atoms with E-state index in [1.54, 1.807) is 5.32 Å². The fourth-order valence-corrected chi connectivity index (χ4v) is 3.13. The molecule has 3 nitrogen and oxygen atoms in total. The smallest absolute Gasteiger partial charge is 0.460 e. The van der Waals surface area contributed by atoms with Gasteiger partial charge in [0.15, 0.2) is 0 Å². The van der Waals surface area contributed by atoms with Gasteiger partial charge in [-0.2, -0.15) is 48.3 Å². The Morgan fingerprint density at radius 3 is 1.53 bits per heavy atom. The topological polar surface area (TPSA) is 38.3 Å². The zero-order valence-electron chi connectivity index (χ0n) is 20.0. The van der Waals surface area contributed by atoms with Crippen LogP contribution in [-0.2, 0) is 9.53 Å². The van der Waals surface area contributed by atoms with Gasteiger partial charge in [-0.15, -0.1) is 0 Å². The van der Waals surface area contributed by atoms with Crippen LogP contribution in [0, 0.1) is 0 Å². The van der Waals surface area contributed by atoms with E-state index in [-0.39, 0.29) is 12.5 Å². The third-order valence-electron chi connectivity index (χ3n) is 5.27. The van der Waals surface area contributed by atoms with Gasteiger partial charge in [-0.3, -0.25) is 0 Å². The summed E-state index contributed by atoms with van der Waals surface area (Å²) in [6, 6.07) is 0. The largest absolute Gasteiger partial charge is 0.463 e. The lowest BCUT2D eigenvalue weighted by Gasteiger charge is -2.38. The Kier molecular flexibility index (Phi) is 13.6. The third-order valence-corrected chi connectivity index (χ3v) is 5.27. The second kappa shape index (κ2) is 14.3. The number of nitrogens with one attached hydrogen (secondary N) is 1. The van der Waals surface area contributed by atoms with Crippen LogP contribution in [0.5, 0.6) is 0 Å². The molecule has 0 heterocycles. The zero-order valence-corrected chi connectivity index (χ0v) is 20.0. The number of hydrogen-bond acceptors (Lipinski definition) is 3. The van der Waals surface area contributed by atoms with E-state index in [0.717, 1.165) is 44.9 Å². The molecule has 0 radical (unpaired) electrons. The van der Waals surface area contributed by atoms with Crippen LogP contribution in [0.25, 0.3) is 0 Å². The number of halogens is 11. The summed E-state index contributed by atoms with van der Waals surface area (Å²) in [4.78, 5) is 11.5. The Balaban J connectivity index is 5.41. The average molecular weight is 551 g/mol. The Morgan fingerprint density at radius 2 is 1.11 bits per heavy atom. The van der Waals surface area contributed by atoms with Gasteiger partial charge >= 0.3 is 35.8 Å². The number of rotatable bonds is 18. The molecule has 0 amide bonds. The van der Waals surface area contributed by atoms with Crippen molar-refractivity contribution in [2.75, 3.05) is 13.2 Å². The summed E-state index contributed by atoms with van der Waals surface area (Å²) < 4.78 is 151.